The molecule has 1 heterocycles. The molecule has 0 radical (unpaired) electrons. The van der Waals surface area contributed by atoms with Crippen LogP contribution in [-0.4, -0.2) is 38.4 Å². The molecule has 1 saturated heterocycles. The number of hydrogen-bond acceptors (Lipinski definition) is 4. The SMILES string of the molecule is CCCCCOC(=O)CC1CNCCO1. The van der Waals surface area contributed by atoms with Gasteiger partial charge in [-0.3, -0.25) is 4.79 Å². The van der Waals surface area contributed by atoms with Gasteiger partial charge in [-0.05, 0) is 6.42 Å². The van der Waals surface area contributed by atoms with E-state index in [4.69, 9.17) is 9.47 Å². The van der Waals surface area contributed by atoms with Crippen molar-refractivity contribution in [1.29, 1.82) is 0 Å². The molecule has 0 saturated carbocycles. The summed E-state index contributed by atoms with van der Waals surface area (Å²) in [5, 5.41) is 3.18. The van der Waals surface area contributed by atoms with Crippen LogP contribution in [0, 0.1) is 0 Å². The number of esters is 1. The number of morpholine rings is 1. The summed E-state index contributed by atoms with van der Waals surface area (Å²) in [6, 6.07) is 0. The molecule has 1 aliphatic heterocycles. The van der Waals surface area contributed by atoms with E-state index in [2.05, 4.69) is 12.2 Å². The molecule has 0 spiro atoms. The lowest BCUT2D eigenvalue weighted by Gasteiger charge is -2.22. The summed E-state index contributed by atoms with van der Waals surface area (Å²) in [5.74, 6) is -0.139. The van der Waals surface area contributed by atoms with Gasteiger partial charge in [0.05, 0.1) is 25.7 Å². The Morgan fingerprint density at radius 1 is 1.53 bits per heavy atom. The van der Waals surface area contributed by atoms with Crippen molar-refractivity contribution in [2.75, 3.05) is 26.3 Å². The van der Waals surface area contributed by atoms with Crippen molar-refractivity contribution in [3.63, 3.8) is 0 Å². The highest BCUT2D eigenvalue weighted by Crippen LogP contribution is 2.03. The number of carbonyl (C=O) groups excluding carboxylic acids is 1. The number of hydrogen-bond donors (Lipinski definition) is 1. The van der Waals surface area contributed by atoms with Gasteiger partial charge in [0.1, 0.15) is 0 Å². The Labute approximate surface area is 91.3 Å². The van der Waals surface area contributed by atoms with Crippen molar-refractivity contribution >= 4 is 5.97 Å². The smallest absolute Gasteiger partial charge is 0.308 e. The second-order valence-corrected chi connectivity index (χ2v) is 3.83. The normalized spacial score (nSPS) is 21.3. The van der Waals surface area contributed by atoms with Crippen LogP contribution in [-0.2, 0) is 14.3 Å². The molecule has 0 aromatic rings. The van der Waals surface area contributed by atoms with Crippen LogP contribution in [0.15, 0.2) is 0 Å². The van der Waals surface area contributed by atoms with Gasteiger partial charge < -0.3 is 14.8 Å². The lowest BCUT2D eigenvalue weighted by molar-refractivity contribution is -0.147. The zero-order chi connectivity index (χ0) is 10.9. The first-order chi connectivity index (χ1) is 7.33. The van der Waals surface area contributed by atoms with E-state index >= 15 is 0 Å². The highest BCUT2D eigenvalue weighted by Gasteiger charge is 2.17. The minimum absolute atomic E-state index is 0.00238. The summed E-state index contributed by atoms with van der Waals surface area (Å²) in [4.78, 5) is 11.3. The molecule has 88 valence electrons. The molecule has 4 heteroatoms. The van der Waals surface area contributed by atoms with Crippen LogP contribution in [0.4, 0.5) is 0 Å². The molecule has 1 aliphatic rings. The summed E-state index contributed by atoms with van der Waals surface area (Å²) in [6.45, 7) is 5.00. The quantitative estimate of drug-likeness (QED) is 0.532. The summed E-state index contributed by atoms with van der Waals surface area (Å²) in [5.41, 5.74) is 0. The number of nitrogens with one attached hydrogen (secondary N) is 1. The Balaban J connectivity index is 2.01. The van der Waals surface area contributed by atoms with Crippen LogP contribution in [0.2, 0.25) is 0 Å². The molecule has 1 rings (SSSR count). The molecule has 0 aliphatic carbocycles. The van der Waals surface area contributed by atoms with Crippen LogP contribution >= 0.6 is 0 Å². The lowest BCUT2D eigenvalue weighted by atomic mass is 10.2. The zero-order valence-electron chi connectivity index (χ0n) is 9.46. The molecule has 0 aromatic heterocycles. The Kier molecular flexibility index (Phi) is 6.36. The van der Waals surface area contributed by atoms with Crippen molar-refractivity contribution < 1.29 is 14.3 Å². The molecular formula is C11H21NO3. The van der Waals surface area contributed by atoms with Gasteiger partial charge in [-0.15, -0.1) is 0 Å². The average Bonchev–Trinajstić information content (AvgIpc) is 2.26. The fourth-order valence-electron chi connectivity index (χ4n) is 1.53. The average molecular weight is 215 g/mol. The first kappa shape index (κ1) is 12.5. The van der Waals surface area contributed by atoms with Gasteiger partial charge in [0.15, 0.2) is 0 Å². The molecule has 0 amide bonds. The molecule has 4 nitrogen and oxygen atoms in total. The third kappa shape index (κ3) is 5.74. The molecule has 0 aromatic carbocycles. The van der Waals surface area contributed by atoms with E-state index in [9.17, 15) is 4.79 Å². The van der Waals surface area contributed by atoms with E-state index in [-0.39, 0.29) is 12.1 Å². The monoisotopic (exact) mass is 215 g/mol. The van der Waals surface area contributed by atoms with Crippen molar-refractivity contribution in [1.82, 2.24) is 5.32 Å². The Morgan fingerprint density at radius 2 is 2.40 bits per heavy atom. The van der Waals surface area contributed by atoms with E-state index < -0.39 is 0 Å². The summed E-state index contributed by atoms with van der Waals surface area (Å²) in [7, 11) is 0. The second kappa shape index (κ2) is 7.65. The van der Waals surface area contributed by atoms with Crippen LogP contribution in [0.25, 0.3) is 0 Å². The fourth-order valence-corrected chi connectivity index (χ4v) is 1.53. The maximum absolute atomic E-state index is 11.3. The molecule has 0 bridgehead atoms. The zero-order valence-corrected chi connectivity index (χ0v) is 9.46. The first-order valence-electron chi connectivity index (χ1n) is 5.81. The Morgan fingerprint density at radius 3 is 3.07 bits per heavy atom. The fraction of sp³-hybridized carbons (Fsp3) is 0.909. The van der Waals surface area contributed by atoms with E-state index in [1.807, 2.05) is 0 Å². The van der Waals surface area contributed by atoms with E-state index in [0.29, 0.717) is 19.6 Å². The topological polar surface area (TPSA) is 47.6 Å². The Bertz CT molecular complexity index is 179. The van der Waals surface area contributed by atoms with Gasteiger partial charge in [-0.1, -0.05) is 19.8 Å². The number of ether oxygens (including phenoxy) is 2. The highest BCUT2D eigenvalue weighted by atomic mass is 16.5. The third-order valence-corrected chi connectivity index (χ3v) is 2.41. The van der Waals surface area contributed by atoms with Gasteiger partial charge in [-0.2, -0.15) is 0 Å². The van der Waals surface area contributed by atoms with Crippen LogP contribution in [0.1, 0.15) is 32.6 Å². The largest absolute Gasteiger partial charge is 0.466 e. The van der Waals surface area contributed by atoms with Crippen LogP contribution < -0.4 is 5.32 Å². The molecule has 1 N–H and O–H groups in total. The molecule has 1 atom stereocenters. The number of rotatable bonds is 6. The predicted octanol–water partition coefficient (Wildman–Crippen LogP) is 1.10. The highest BCUT2D eigenvalue weighted by molar-refractivity contribution is 5.70. The van der Waals surface area contributed by atoms with Gasteiger partial charge in [0, 0.05) is 13.1 Å². The maximum Gasteiger partial charge on any atom is 0.308 e. The lowest BCUT2D eigenvalue weighted by Crippen LogP contribution is -2.39. The van der Waals surface area contributed by atoms with Crippen molar-refractivity contribution in [2.45, 2.75) is 38.7 Å². The van der Waals surface area contributed by atoms with E-state index in [1.54, 1.807) is 0 Å². The molecule has 15 heavy (non-hydrogen) atoms. The maximum atomic E-state index is 11.3. The van der Waals surface area contributed by atoms with E-state index in [1.165, 1.54) is 0 Å². The third-order valence-electron chi connectivity index (χ3n) is 2.41. The summed E-state index contributed by atoms with van der Waals surface area (Å²) < 4.78 is 10.5. The summed E-state index contributed by atoms with van der Waals surface area (Å²) >= 11 is 0. The molecule has 1 fully saturated rings. The minimum atomic E-state index is -0.139. The second-order valence-electron chi connectivity index (χ2n) is 3.83. The summed E-state index contributed by atoms with van der Waals surface area (Å²) in [6.07, 6.45) is 3.60. The van der Waals surface area contributed by atoms with Crippen molar-refractivity contribution in [3.8, 4) is 0 Å². The van der Waals surface area contributed by atoms with Gasteiger partial charge >= 0.3 is 5.97 Å². The van der Waals surface area contributed by atoms with Gasteiger partial charge in [-0.25, -0.2) is 0 Å². The predicted molar refractivity (Wildman–Crippen MR) is 57.7 cm³/mol. The molecule has 1 unspecified atom stereocenters. The van der Waals surface area contributed by atoms with Gasteiger partial charge in [0.25, 0.3) is 0 Å². The standard InChI is InChI=1S/C11H21NO3/c1-2-3-4-6-15-11(13)8-10-9-12-5-7-14-10/h10,12H,2-9H2,1H3. The number of carbonyl (C=O) groups is 1. The van der Waals surface area contributed by atoms with Gasteiger partial charge in [0.2, 0.25) is 0 Å². The van der Waals surface area contributed by atoms with Crippen molar-refractivity contribution in [2.24, 2.45) is 0 Å². The van der Waals surface area contributed by atoms with Crippen LogP contribution in [0.5, 0.6) is 0 Å². The minimum Gasteiger partial charge on any atom is -0.466 e. The van der Waals surface area contributed by atoms with E-state index in [0.717, 1.165) is 32.4 Å². The number of unbranched alkanes of at least 4 members (excludes halogenated alkanes) is 2. The first-order valence-corrected chi connectivity index (χ1v) is 5.81. The van der Waals surface area contributed by atoms with Crippen molar-refractivity contribution in [3.05, 3.63) is 0 Å². The van der Waals surface area contributed by atoms with Crippen LogP contribution in [0.3, 0.4) is 0 Å². The molecular weight excluding hydrogens is 194 g/mol. The Hall–Kier alpha value is -0.610.